The molecule has 2 unspecified atom stereocenters. The van der Waals surface area contributed by atoms with Gasteiger partial charge in [0.1, 0.15) is 40.1 Å². The number of nitrogens with one attached hydrogen (secondary N) is 2. The number of carboxylic acid groups (broad SMARTS) is 2. The highest BCUT2D eigenvalue weighted by Gasteiger charge is 2.67. The molecule has 20 nitrogen and oxygen atoms in total. The zero-order valence-electron chi connectivity index (χ0n) is 30.6. The predicted octanol–water partition coefficient (Wildman–Crippen LogP) is 1.24. The van der Waals surface area contributed by atoms with Crippen LogP contribution in [0.15, 0.2) is 62.9 Å². The van der Waals surface area contributed by atoms with E-state index in [0.717, 1.165) is 56.7 Å². The highest BCUT2D eigenvalue weighted by Crippen LogP contribution is 2.47. The van der Waals surface area contributed by atoms with Crippen molar-refractivity contribution in [2.24, 2.45) is 0 Å². The van der Waals surface area contributed by atoms with Crippen LogP contribution in [0, 0.1) is 0 Å². The molecule has 2 aliphatic heterocycles. The zero-order valence-corrected chi connectivity index (χ0v) is 31.4. The van der Waals surface area contributed by atoms with Crippen LogP contribution in [0.25, 0.3) is 11.0 Å². The summed E-state index contributed by atoms with van der Waals surface area (Å²) in [5, 5.41) is 22.8. The van der Waals surface area contributed by atoms with Gasteiger partial charge >= 0.3 is 35.5 Å². The van der Waals surface area contributed by atoms with Gasteiger partial charge in [0.25, 0.3) is 17.5 Å². The van der Waals surface area contributed by atoms with Gasteiger partial charge in [-0.3, -0.25) is 33.7 Å². The smallest absolute Gasteiger partial charge is 0.352 e. The third-order valence-corrected chi connectivity index (χ3v) is 9.73. The lowest BCUT2D eigenvalue weighted by atomic mass is 9.95. The van der Waals surface area contributed by atoms with Crippen LogP contribution in [-0.4, -0.2) is 99.4 Å². The molecule has 0 radical (unpaired) electrons. The summed E-state index contributed by atoms with van der Waals surface area (Å²) in [5.41, 5.74) is -4.51. The Morgan fingerprint density at radius 3 is 2.14 bits per heavy atom. The fraction of sp³-hybridized carbons (Fsp3) is 0.306. The minimum absolute atomic E-state index is 0.0327. The molecule has 1 saturated heterocycles. The lowest BCUT2D eigenvalue weighted by Crippen LogP contribution is -2.81. The molecule has 1 aromatic heterocycles. The number of amides is 3. The molecule has 0 bridgehead atoms. The first-order chi connectivity index (χ1) is 26.9. The van der Waals surface area contributed by atoms with E-state index in [0.29, 0.717) is 0 Å². The second-order valence-corrected chi connectivity index (χ2v) is 13.4. The van der Waals surface area contributed by atoms with Crippen LogP contribution in [0.5, 0.6) is 17.2 Å². The van der Waals surface area contributed by atoms with Gasteiger partial charge in [0.15, 0.2) is 18.1 Å². The summed E-state index contributed by atoms with van der Waals surface area (Å²) in [6.45, 7) is 4.06. The maximum Gasteiger partial charge on any atom is 0.352 e. The third kappa shape index (κ3) is 8.58. The van der Waals surface area contributed by atoms with Crippen LogP contribution in [0.3, 0.4) is 0 Å². The second kappa shape index (κ2) is 16.5. The van der Waals surface area contributed by atoms with Gasteiger partial charge in [-0.2, -0.15) is 0 Å². The number of fused-ring (bicyclic) bond motifs is 2. The molecule has 3 heterocycles. The summed E-state index contributed by atoms with van der Waals surface area (Å²) < 4.78 is 31.3. The van der Waals surface area contributed by atoms with E-state index in [-0.39, 0.29) is 45.1 Å². The summed E-state index contributed by atoms with van der Waals surface area (Å²) in [7, 11) is 1.09. The van der Waals surface area contributed by atoms with Crippen LogP contribution >= 0.6 is 11.8 Å². The number of carbonyl (C=O) groups excluding carboxylic acids is 6. The van der Waals surface area contributed by atoms with Crippen molar-refractivity contribution in [2.45, 2.75) is 50.9 Å². The van der Waals surface area contributed by atoms with Gasteiger partial charge in [-0.25, -0.2) is 14.4 Å². The van der Waals surface area contributed by atoms with E-state index in [4.69, 9.17) is 33.2 Å². The first kappa shape index (κ1) is 41.4. The van der Waals surface area contributed by atoms with Gasteiger partial charge in [0, 0.05) is 50.7 Å². The molecule has 300 valence electrons. The number of hydrogen-bond donors (Lipinski definition) is 4. The quantitative estimate of drug-likeness (QED) is 0.0586. The normalized spacial score (nSPS) is 18.3. The molecule has 3 amide bonds. The number of hydrogen-bond acceptors (Lipinski definition) is 16. The van der Waals surface area contributed by atoms with Gasteiger partial charge < -0.3 is 48.9 Å². The van der Waals surface area contributed by atoms with Crippen LogP contribution in [-0.2, 0) is 43.0 Å². The second-order valence-electron chi connectivity index (χ2n) is 12.3. The summed E-state index contributed by atoms with van der Waals surface area (Å²) in [5.74, 6) is -8.76. The molecule has 57 heavy (non-hydrogen) atoms. The van der Waals surface area contributed by atoms with E-state index in [1.54, 1.807) is 0 Å². The van der Waals surface area contributed by atoms with E-state index >= 15 is 0 Å². The lowest BCUT2D eigenvalue weighted by Gasteiger charge is -2.56. The number of carbonyl (C=O) groups is 8. The largest absolute Gasteiger partial charge is 0.482 e. The molecule has 1 fully saturated rings. The Morgan fingerprint density at radius 1 is 0.947 bits per heavy atom. The Hall–Kier alpha value is -6.74. The number of esters is 3. The van der Waals surface area contributed by atoms with E-state index in [1.807, 2.05) is 0 Å². The summed E-state index contributed by atoms with van der Waals surface area (Å²) >= 11 is 1.00. The molecule has 5 rings (SSSR count). The van der Waals surface area contributed by atoms with Crippen molar-refractivity contribution < 1.29 is 76.7 Å². The Labute approximate surface area is 325 Å². The Bertz CT molecular complexity index is 2300. The van der Waals surface area contributed by atoms with E-state index in [2.05, 4.69) is 10.6 Å². The highest BCUT2D eigenvalue weighted by atomic mass is 32.2. The molecule has 21 heteroatoms. The maximum absolute atomic E-state index is 14.2. The number of rotatable bonds is 14. The molecule has 0 aliphatic carbocycles. The van der Waals surface area contributed by atoms with E-state index < -0.39 is 94.3 Å². The molecule has 0 saturated carbocycles. The van der Waals surface area contributed by atoms with Gasteiger partial charge in [0.05, 0.1) is 0 Å². The van der Waals surface area contributed by atoms with E-state index in [9.17, 15) is 48.3 Å². The number of ether oxygens (including phenoxy) is 5. The van der Waals surface area contributed by atoms with Crippen molar-refractivity contribution in [3.05, 3.63) is 75.3 Å². The summed E-state index contributed by atoms with van der Waals surface area (Å²) in [4.78, 5) is 114. The molecule has 0 spiro atoms. The first-order valence-electron chi connectivity index (χ1n) is 16.6. The average molecular weight is 812 g/mol. The fourth-order valence-corrected chi connectivity index (χ4v) is 7.50. The van der Waals surface area contributed by atoms with Crippen molar-refractivity contribution in [3.8, 4) is 17.2 Å². The Morgan fingerprint density at radius 2 is 1.58 bits per heavy atom. The SMILES string of the molecule is CO[C@@]1(NC(=O)C(NC(=O)c2cc3cc(OC(C)=O)c(OC(C)=O)cc3oc2=O)c2ccc(OCC(=O)O)cc2)C(=O)N2C(C(=O)O)=C(C(C)OC(C)=O)CS[C@@H]21. The third-order valence-electron chi connectivity index (χ3n) is 8.39. The minimum Gasteiger partial charge on any atom is -0.482 e. The van der Waals surface area contributed by atoms with Crippen molar-refractivity contribution in [1.82, 2.24) is 15.5 Å². The first-order valence-corrected chi connectivity index (χ1v) is 17.6. The number of methoxy groups -OCH3 is 1. The summed E-state index contributed by atoms with van der Waals surface area (Å²) in [6.07, 6.45) is -1.01. The molecule has 4 atom stereocenters. The van der Waals surface area contributed by atoms with Crippen LogP contribution in [0.2, 0.25) is 0 Å². The molecule has 2 aromatic carbocycles. The molecule has 4 N–H and O–H groups in total. The number of carboxylic acids is 2. The number of β-lactam (4-membered cyclic amide) rings is 1. The molecular weight excluding hydrogens is 778 g/mol. The maximum atomic E-state index is 14.2. The monoisotopic (exact) mass is 811 g/mol. The van der Waals surface area contributed by atoms with Crippen LogP contribution in [0.1, 0.15) is 49.7 Å². The number of thioether (sulfide) groups is 1. The standard InChI is InChI=1S/C36H33N3O17S/c1-15(53-16(2)40)23-14-57-35-36(51-5,34(50)39(35)29(23)32(47)48)38-31(46)28(19-6-8-21(9-7-19)52-13-27(43)44)37-30(45)22-10-20-11-25(54-17(3)41)26(55-18(4)42)12-24(20)56-33(22)49/h6-12,15,28,35H,13-14H2,1-5H3,(H,37,45)(H,38,46)(H,43,44)(H,47,48)/t15?,28?,35-,36+/m1/s1. The van der Waals surface area contributed by atoms with Crippen molar-refractivity contribution in [1.29, 1.82) is 0 Å². The highest BCUT2D eigenvalue weighted by molar-refractivity contribution is 8.00. The number of nitrogens with zero attached hydrogens (tertiary/aromatic N) is 1. The predicted molar refractivity (Wildman–Crippen MR) is 192 cm³/mol. The summed E-state index contributed by atoms with van der Waals surface area (Å²) in [6, 6.07) is 6.79. The van der Waals surface area contributed by atoms with Crippen molar-refractivity contribution in [2.75, 3.05) is 19.5 Å². The molecular formula is C36H33N3O17S. The van der Waals surface area contributed by atoms with Crippen molar-refractivity contribution >= 4 is 70.3 Å². The number of benzene rings is 2. The Kier molecular flexibility index (Phi) is 12.0. The molecule has 3 aromatic rings. The van der Waals surface area contributed by atoms with Gasteiger partial charge in [-0.05, 0) is 36.8 Å². The Balaban J connectivity index is 1.50. The van der Waals surface area contributed by atoms with Gasteiger partial charge in [0.2, 0.25) is 5.91 Å². The zero-order chi connectivity index (χ0) is 41.9. The fourth-order valence-electron chi connectivity index (χ4n) is 5.95. The number of aliphatic carboxylic acids is 2. The van der Waals surface area contributed by atoms with Gasteiger partial charge in [-0.1, -0.05) is 12.1 Å². The van der Waals surface area contributed by atoms with Crippen molar-refractivity contribution in [3.63, 3.8) is 0 Å². The molecule has 2 aliphatic rings. The topological polar surface area (TPSA) is 281 Å². The minimum atomic E-state index is -2.18. The van der Waals surface area contributed by atoms with E-state index in [1.165, 1.54) is 37.3 Å². The van der Waals surface area contributed by atoms with Gasteiger partial charge in [-0.15, -0.1) is 11.8 Å². The van der Waals surface area contributed by atoms with Crippen LogP contribution < -0.4 is 30.5 Å². The lowest BCUT2D eigenvalue weighted by molar-refractivity contribution is -0.193. The average Bonchev–Trinajstić information content (AvgIpc) is 3.13. The van der Waals surface area contributed by atoms with Crippen LogP contribution in [0.4, 0.5) is 0 Å².